The quantitative estimate of drug-likeness (QED) is 0.824. The molecule has 0 amide bonds. The van der Waals surface area contributed by atoms with Crippen molar-refractivity contribution in [1.29, 1.82) is 5.26 Å². The van der Waals surface area contributed by atoms with E-state index in [-0.39, 0.29) is 5.75 Å². The summed E-state index contributed by atoms with van der Waals surface area (Å²) >= 11 is 1.19. The molecule has 0 fully saturated rings. The van der Waals surface area contributed by atoms with Crippen LogP contribution < -0.4 is 0 Å². The third-order valence-corrected chi connectivity index (χ3v) is 5.67. The highest BCUT2D eigenvalue weighted by atomic mass is 32.2. The fourth-order valence-corrected chi connectivity index (χ4v) is 3.47. The van der Waals surface area contributed by atoms with Crippen molar-refractivity contribution in [2.45, 2.75) is 44.6 Å². The molecule has 17 heavy (non-hydrogen) atoms. The summed E-state index contributed by atoms with van der Waals surface area (Å²) in [6.07, 6.45) is 1.62. The molecule has 0 aliphatic carbocycles. The van der Waals surface area contributed by atoms with Gasteiger partial charge in [-0.25, -0.2) is 13.4 Å². The van der Waals surface area contributed by atoms with Gasteiger partial charge in [-0.05, 0) is 20.3 Å². The third-order valence-electron chi connectivity index (χ3n) is 2.37. The number of nitrogens with zero attached hydrogens (tertiary/aromatic N) is 2. The lowest BCUT2D eigenvalue weighted by atomic mass is 10.2. The van der Waals surface area contributed by atoms with Gasteiger partial charge in [0.2, 0.25) is 0 Å². The number of hydrogen-bond donors (Lipinski definition) is 0. The third kappa shape index (κ3) is 3.51. The molecule has 1 aromatic rings. The van der Waals surface area contributed by atoms with E-state index in [0.717, 1.165) is 18.5 Å². The van der Waals surface area contributed by atoms with E-state index in [2.05, 4.69) is 11.1 Å². The number of sulfone groups is 1. The minimum atomic E-state index is -3.14. The molecule has 6 heteroatoms. The zero-order valence-corrected chi connectivity index (χ0v) is 11.9. The highest BCUT2D eigenvalue weighted by Crippen LogP contribution is 2.22. The highest BCUT2D eigenvalue weighted by molar-refractivity contribution is 7.91. The van der Waals surface area contributed by atoms with E-state index in [1.54, 1.807) is 13.8 Å². The number of hydrogen-bond acceptors (Lipinski definition) is 5. The van der Waals surface area contributed by atoms with Gasteiger partial charge in [0.25, 0.3) is 0 Å². The fraction of sp³-hybridized carbons (Fsp3) is 0.636. The van der Waals surface area contributed by atoms with Crippen LogP contribution in [0, 0.1) is 11.3 Å². The Hall–Kier alpha value is -0.930. The zero-order valence-electron chi connectivity index (χ0n) is 10.2. The van der Waals surface area contributed by atoms with E-state index in [4.69, 9.17) is 5.26 Å². The second kappa shape index (κ2) is 5.61. The van der Waals surface area contributed by atoms with Gasteiger partial charge in [-0.3, -0.25) is 0 Å². The fourth-order valence-electron chi connectivity index (χ4n) is 1.29. The molecule has 0 aromatic carbocycles. The van der Waals surface area contributed by atoms with Crippen LogP contribution in [0.2, 0.25) is 0 Å². The molecule has 0 saturated heterocycles. The van der Waals surface area contributed by atoms with Gasteiger partial charge in [-0.1, -0.05) is 13.3 Å². The molecule has 0 radical (unpaired) electrons. The van der Waals surface area contributed by atoms with Crippen molar-refractivity contribution in [2.24, 2.45) is 0 Å². The lowest BCUT2D eigenvalue weighted by Crippen LogP contribution is -2.15. The summed E-state index contributed by atoms with van der Waals surface area (Å²) in [6.45, 7) is 5.31. The average Bonchev–Trinajstić information content (AvgIpc) is 2.60. The van der Waals surface area contributed by atoms with Gasteiger partial charge in [0.15, 0.2) is 9.84 Å². The van der Waals surface area contributed by atoms with Crippen molar-refractivity contribution in [2.75, 3.05) is 0 Å². The first-order valence-electron chi connectivity index (χ1n) is 5.51. The topological polar surface area (TPSA) is 70.8 Å². The van der Waals surface area contributed by atoms with E-state index in [9.17, 15) is 8.42 Å². The summed E-state index contributed by atoms with van der Waals surface area (Å²) in [7, 11) is -3.14. The number of rotatable bonds is 5. The monoisotopic (exact) mass is 272 g/mol. The average molecular weight is 272 g/mol. The van der Waals surface area contributed by atoms with E-state index in [0.29, 0.717) is 9.88 Å². The summed E-state index contributed by atoms with van der Waals surface area (Å²) in [5.41, 5.74) is 0.731. The molecule has 0 spiro atoms. The molecule has 0 atom stereocenters. The Morgan fingerprint density at radius 2 is 2.12 bits per heavy atom. The first-order chi connectivity index (χ1) is 7.90. The van der Waals surface area contributed by atoms with Crippen LogP contribution in [0.4, 0.5) is 0 Å². The Labute approximate surface area is 106 Å². The molecule has 0 aliphatic rings. The standard InChI is InChI=1S/C11H16N2O2S2/c1-4-5-9-10(6-12)16-11(13-9)7-17(14,15)8(2)3/h8H,4-5,7H2,1-3H3. The van der Waals surface area contributed by atoms with Crippen molar-refractivity contribution >= 4 is 21.2 Å². The number of thiazole rings is 1. The van der Waals surface area contributed by atoms with Crippen LogP contribution in [-0.2, 0) is 22.0 Å². The van der Waals surface area contributed by atoms with E-state index in [1.807, 2.05) is 6.92 Å². The van der Waals surface area contributed by atoms with Gasteiger partial charge < -0.3 is 0 Å². The largest absolute Gasteiger partial charge is 0.244 e. The lowest BCUT2D eigenvalue weighted by molar-refractivity contribution is 0.586. The SMILES string of the molecule is CCCc1nc(CS(=O)(=O)C(C)C)sc1C#N. The molecule has 1 rings (SSSR count). The molecule has 0 bridgehead atoms. The summed E-state index contributed by atoms with van der Waals surface area (Å²) in [4.78, 5) is 4.80. The molecule has 1 heterocycles. The summed E-state index contributed by atoms with van der Waals surface area (Å²) in [6, 6.07) is 2.08. The number of aryl methyl sites for hydroxylation is 1. The van der Waals surface area contributed by atoms with Crippen LogP contribution in [0.1, 0.15) is 42.8 Å². The Kier molecular flexibility index (Phi) is 4.66. The number of aromatic nitrogens is 1. The smallest absolute Gasteiger partial charge is 0.159 e. The number of nitriles is 1. The van der Waals surface area contributed by atoms with Crippen LogP contribution in [-0.4, -0.2) is 18.7 Å². The molecular formula is C11H16N2O2S2. The summed E-state index contributed by atoms with van der Waals surface area (Å²) < 4.78 is 23.5. The molecule has 0 saturated carbocycles. The lowest BCUT2D eigenvalue weighted by Gasteiger charge is -2.04. The van der Waals surface area contributed by atoms with E-state index >= 15 is 0 Å². The summed E-state index contributed by atoms with van der Waals surface area (Å²) in [5, 5.41) is 9.05. The van der Waals surface area contributed by atoms with Gasteiger partial charge in [0, 0.05) is 0 Å². The van der Waals surface area contributed by atoms with E-state index in [1.165, 1.54) is 11.3 Å². The molecular weight excluding hydrogens is 256 g/mol. The van der Waals surface area contributed by atoms with Gasteiger partial charge in [-0.2, -0.15) is 5.26 Å². The van der Waals surface area contributed by atoms with Crippen molar-refractivity contribution in [3.05, 3.63) is 15.6 Å². The van der Waals surface area contributed by atoms with Crippen LogP contribution >= 0.6 is 11.3 Å². The molecule has 0 unspecified atom stereocenters. The Balaban J connectivity index is 2.99. The predicted molar refractivity (Wildman–Crippen MR) is 68.6 cm³/mol. The maximum atomic E-state index is 11.8. The summed E-state index contributed by atoms with van der Waals surface area (Å²) in [5.74, 6) is -0.0618. The predicted octanol–water partition coefficient (Wildman–Crippen LogP) is 2.29. The second-order valence-corrected chi connectivity index (χ2v) is 7.74. The molecule has 0 N–H and O–H groups in total. The Morgan fingerprint density at radius 1 is 1.47 bits per heavy atom. The maximum Gasteiger partial charge on any atom is 0.159 e. The molecule has 4 nitrogen and oxygen atoms in total. The maximum absolute atomic E-state index is 11.8. The van der Waals surface area contributed by atoms with Crippen LogP contribution in [0.15, 0.2) is 0 Å². The van der Waals surface area contributed by atoms with Gasteiger partial charge in [0.05, 0.1) is 10.9 Å². The van der Waals surface area contributed by atoms with Gasteiger partial charge in [0.1, 0.15) is 21.7 Å². The minimum absolute atomic E-state index is 0.0618. The molecule has 1 aromatic heterocycles. The van der Waals surface area contributed by atoms with Crippen molar-refractivity contribution in [3.8, 4) is 6.07 Å². The second-order valence-electron chi connectivity index (χ2n) is 4.10. The minimum Gasteiger partial charge on any atom is -0.244 e. The van der Waals surface area contributed by atoms with Crippen LogP contribution in [0.3, 0.4) is 0 Å². The first-order valence-corrected chi connectivity index (χ1v) is 8.04. The first kappa shape index (κ1) is 14.1. The Bertz CT molecular complexity index is 524. The van der Waals surface area contributed by atoms with Crippen molar-refractivity contribution in [3.63, 3.8) is 0 Å². The van der Waals surface area contributed by atoms with Gasteiger partial charge in [-0.15, -0.1) is 11.3 Å². The highest BCUT2D eigenvalue weighted by Gasteiger charge is 2.20. The molecule has 0 aliphatic heterocycles. The van der Waals surface area contributed by atoms with Crippen molar-refractivity contribution in [1.82, 2.24) is 4.98 Å². The zero-order chi connectivity index (χ0) is 13.1. The van der Waals surface area contributed by atoms with E-state index < -0.39 is 15.1 Å². The van der Waals surface area contributed by atoms with Gasteiger partial charge >= 0.3 is 0 Å². The molecule has 94 valence electrons. The normalized spacial score (nSPS) is 11.7. The van der Waals surface area contributed by atoms with Crippen LogP contribution in [0.5, 0.6) is 0 Å². The van der Waals surface area contributed by atoms with Crippen molar-refractivity contribution < 1.29 is 8.42 Å². The van der Waals surface area contributed by atoms with Crippen LogP contribution in [0.25, 0.3) is 0 Å². The Morgan fingerprint density at radius 3 is 2.59 bits per heavy atom.